The van der Waals surface area contributed by atoms with Gasteiger partial charge in [-0.05, 0) is 62.2 Å². The van der Waals surface area contributed by atoms with Crippen LogP contribution in [0.2, 0.25) is 5.02 Å². The molecule has 1 heterocycles. The molecule has 0 aliphatic rings. The summed E-state index contributed by atoms with van der Waals surface area (Å²) < 4.78 is 13.3. The standard InChI is InChI=1S/C20H18ClFN4O/c1-11-7-12(2)18(16(21)8-11)26-19(27)17-9-13(3)23-20(25-17)24-15-6-4-5-14(22)10-15/h4-10H,1-3H3,(H,26,27)(H,23,24,25). The molecule has 0 aliphatic heterocycles. The highest BCUT2D eigenvalue weighted by molar-refractivity contribution is 6.34. The summed E-state index contributed by atoms with van der Waals surface area (Å²) in [6.45, 7) is 5.55. The topological polar surface area (TPSA) is 66.9 Å². The summed E-state index contributed by atoms with van der Waals surface area (Å²) in [4.78, 5) is 21.1. The van der Waals surface area contributed by atoms with Crippen LogP contribution in [0.4, 0.5) is 21.7 Å². The van der Waals surface area contributed by atoms with Crippen molar-refractivity contribution in [1.29, 1.82) is 0 Å². The average Bonchev–Trinajstić information content (AvgIpc) is 2.57. The van der Waals surface area contributed by atoms with Crippen molar-refractivity contribution in [1.82, 2.24) is 9.97 Å². The van der Waals surface area contributed by atoms with Gasteiger partial charge in [0.1, 0.15) is 11.5 Å². The zero-order valence-corrected chi connectivity index (χ0v) is 15.9. The zero-order chi connectivity index (χ0) is 19.6. The molecule has 3 aromatic rings. The summed E-state index contributed by atoms with van der Waals surface area (Å²) in [5.74, 6) is -0.579. The van der Waals surface area contributed by atoms with Gasteiger partial charge in [-0.3, -0.25) is 4.79 Å². The second kappa shape index (κ2) is 7.72. The lowest BCUT2D eigenvalue weighted by Gasteiger charge is -2.12. The molecule has 0 unspecified atom stereocenters. The van der Waals surface area contributed by atoms with E-state index in [4.69, 9.17) is 11.6 Å². The van der Waals surface area contributed by atoms with Crippen LogP contribution in [-0.4, -0.2) is 15.9 Å². The van der Waals surface area contributed by atoms with Crippen LogP contribution in [-0.2, 0) is 0 Å². The molecule has 0 saturated heterocycles. The Morgan fingerprint density at radius 2 is 1.85 bits per heavy atom. The molecule has 0 fully saturated rings. The van der Waals surface area contributed by atoms with E-state index in [9.17, 15) is 9.18 Å². The molecule has 2 aromatic carbocycles. The van der Waals surface area contributed by atoms with Gasteiger partial charge in [0.25, 0.3) is 5.91 Å². The minimum Gasteiger partial charge on any atom is -0.324 e. The van der Waals surface area contributed by atoms with E-state index in [-0.39, 0.29) is 17.5 Å². The van der Waals surface area contributed by atoms with E-state index in [0.29, 0.717) is 22.1 Å². The summed E-state index contributed by atoms with van der Waals surface area (Å²) in [5.41, 5.74) is 3.68. The van der Waals surface area contributed by atoms with Crippen LogP contribution >= 0.6 is 11.6 Å². The summed E-state index contributed by atoms with van der Waals surface area (Å²) in [7, 11) is 0. The van der Waals surface area contributed by atoms with Gasteiger partial charge in [0.15, 0.2) is 0 Å². The van der Waals surface area contributed by atoms with Crippen molar-refractivity contribution in [3.05, 3.63) is 75.8 Å². The molecule has 1 aromatic heterocycles. The number of anilines is 3. The Hall–Kier alpha value is -2.99. The summed E-state index contributed by atoms with van der Waals surface area (Å²) in [6.07, 6.45) is 0. The molecule has 2 N–H and O–H groups in total. The highest BCUT2D eigenvalue weighted by Crippen LogP contribution is 2.27. The maximum Gasteiger partial charge on any atom is 0.274 e. The largest absolute Gasteiger partial charge is 0.324 e. The molecular formula is C20H18ClFN4O. The minimum atomic E-state index is -0.406. The Bertz CT molecular complexity index is 1000. The van der Waals surface area contributed by atoms with E-state index in [2.05, 4.69) is 20.6 Å². The lowest BCUT2D eigenvalue weighted by atomic mass is 10.1. The Morgan fingerprint density at radius 3 is 2.56 bits per heavy atom. The van der Waals surface area contributed by atoms with Crippen molar-refractivity contribution in [3.63, 3.8) is 0 Å². The Kier molecular flexibility index (Phi) is 5.37. The molecule has 138 valence electrons. The minimum absolute atomic E-state index is 0.178. The number of nitrogens with one attached hydrogen (secondary N) is 2. The summed E-state index contributed by atoms with van der Waals surface area (Å²) in [6, 6.07) is 11.2. The van der Waals surface area contributed by atoms with Gasteiger partial charge in [-0.1, -0.05) is 23.7 Å². The van der Waals surface area contributed by atoms with Crippen LogP contribution in [0, 0.1) is 26.6 Å². The van der Waals surface area contributed by atoms with Gasteiger partial charge < -0.3 is 10.6 Å². The zero-order valence-electron chi connectivity index (χ0n) is 15.1. The van der Waals surface area contributed by atoms with Crippen LogP contribution in [0.3, 0.4) is 0 Å². The van der Waals surface area contributed by atoms with Crippen molar-refractivity contribution in [2.75, 3.05) is 10.6 Å². The third kappa shape index (κ3) is 4.60. The number of halogens is 2. The molecule has 0 bridgehead atoms. The van der Waals surface area contributed by atoms with Crippen LogP contribution < -0.4 is 10.6 Å². The van der Waals surface area contributed by atoms with Crippen molar-refractivity contribution in [2.45, 2.75) is 20.8 Å². The molecule has 7 heteroatoms. The average molecular weight is 385 g/mol. The third-order valence-electron chi connectivity index (χ3n) is 3.84. The highest BCUT2D eigenvalue weighted by Gasteiger charge is 2.14. The first-order valence-electron chi connectivity index (χ1n) is 8.28. The van der Waals surface area contributed by atoms with Crippen molar-refractivity contribution >= 4 is 34.8 Å². The molecule has 27 heavy (non-hydrogen) atoms. The van der Waals surface area contributed by atoms with Gasteiger partial charge in [-0.2, -0.15) is 0 Å². The van der Waals surface area contributed by atoms with Gasteiger partial charge in [0.2, 0.25) is 5.95 Å². The van der Waals surface area contributed by atoms with Gasteiger partial charge in [-0.25, -0.2) is 14.4 Å². The van der Waals surface area contributed by atoms with E-state index in [1.54, 1.807) is 31.2 Å². The monoisotopic (exact) mass is 384 g/mol. The van der Waals surface area contributed by atoms with E-state index in [0.717, 1.165) is 11.1 Å². The molecule has 0 radical (unpaired) electrons. The number of hydrogen-bond donors (Lipinski definition) is 2. The Morgan fingerprint density at radius 1 is 1.07 bits per heavy atom. The fourth-order valence-electron chi connectivity index (χ4n) is 2.69. The fraction of sp³-hybridized carbons (Fsp3) is 0.150. The third-order valence-corrected chi connectivity index (χ3v) is 4.14. The number of amides is 1. The van der Waals surface area contributed by atoms with Crippen LogP contribution in [0.5, 0.6) is 0 Å². The van der Waals surface area contributed by atoms with E-state index < -0.39 is 5.91 Å². The lowest BCUT2D eigenvalue weighted by molar-refractivity contribution is 0.102. The summed E-state index contributed by atoms with van der Waals surface area (Å²) >= 11 is 6.26. The first kappa shape index (κ1) is 18.8. The van der Waals surface area contributed by atoms with Crippen LogP contribution in [0.25, 0.3) is 0 Å². The predicted octanol–water partition coefficient (Wildman–Crippen LogP) is 5.19. The summed E-state index contributed by atoms with van der Waals surface area (Å²) in [5, 5.41) is 6.17. The van der Waals surface area contributed by atoms with Crippen molar-refractivity contribution in [3.8, 4) is 0 Å². The van der Waals surface area contributed by atoms with Gasteiger partial charge in [0, 0.05) is 11.4 Å². The molecule has 1 amide bonds. The van der Waals surface area contributed by atoms with Crippen LogP contribution in [0.1, 0.15) is 27.3 Å². The maximum absolute atomic E-state index is 13.3. The smallest absolute Gasteiger partial charge is 0.274 e. The first-order valence-corrected chi connectivity index (χ1v) is 8.66. The Labute approximate surface area is 161 Å². The molecule has 0 atom stereocenters. The second-order valence-corrected chi connectivity index (χ2v) is 6.65. The van der Waals surface area contributed by atoms with E-state index in [1.807, 2.05) is 19.9 Å². The van der Waals surface area contributed by atoms with Crippen LogP contribution in [0.15, 0.2) is 42.5 Å². The second-order valence-electron chi connectivity index (χ2n) is 6.25. The van der Waals surface area contributed by atoms with E-state index in [1.165, 1.54) is 12.1 Å². The highest BCUT2D eigenvalue weighted by atomic mass is 35.5. The SMILES string of the molecule is Cc1cc(C)c(NC(=O)c2cc(C)nc(Nc3cccc(F)c3)n2)c(Cl)c1. The molecule has 0 aliphatic carbocycles. The Balaban J connectivity index is 1.86. The van der Waals surface area contributed by atoms with E-state index >= 15 is 0 Å². The number of aromatic nitrogens is 2. The number of benzene rings is 2. The number of carbonyl (C=O) groups excluding carboxylic acids is 1. The number of carbonyl (C=O) groups is 1. The molecule has 3 rings (SSSR count). The van der Waals surface area contributed by atoms with Crippen molar-refractivity contribution in [2.24, 2.45) is 0 Å². The molecule has 5 nitrogen and oxygen atoms in total. The normalized spacial score (nSPS) is 10.6. The molecule has 0 spiro atoms. The number of hydrogen-bond acceptors (Lipinski definition) is 4. The fourth-order valence-corrected chi connectivity index (χ4v) is 3.06. The number of rotatable bonds is 4. The van der Waals surface area contributed by atoms with Crippen molar-refractivity contribution < 1.29 is 9.18 Å². The van der Waals surface area contributed by atoms with Gasteiger partial charge in [-0.15, -0.1) is 0 Å². The number of nitrogens with zero attached hydrogens (tertiary/aromatic N) is 2. The molecular weight excluding hydrogens is 367 g/mol. The molecule has 0 saturated carbocycles. The van der Waals surface area contributed by atoms with Gasteiger partial charge >= 0.3 is 0 Å². The predicted molar refractivity (Wildman–Crippen MR) is 105 cm³/mol. The quantitative estimate of drug-likeness (QED) is 0.649. The van der Waals surface area contributed by atoms with Gasteiger partial charge in [0.05, 0.1) is 10.7 Å². The lowest BCUT2D eigenvalue weighted by Crippen LogP contribution is -2.16. The maximum atomic E-state index is 13.3. The number of aryl methyl sites for hydroxylation is 3. The first-order chi connectivity index (χ1) is 12.8.